The average Bonchev–Trinajstić information content (AvgIpc) is 3.30. The van der Waals surface area contributed by atoms with E-state index in [4.69, 9.17) is 14.2 Å². The van der Waals surface area contributed by atoms with Crippen molar-refractivity contribution in [2.75, 3.05) is 19.9 Å². The summed E-state index contributed by atoms with van der Waals surface area (Å²) < 4.78 is 20.0. The normalized spacial score (nSPS) is 25.1. The monoisotopic (exact) mass is 412 g/mol. The predicted octanol–water partition coefficient (Wildman–Crippen LogP) is 0.719. The number of likely N-dealkylation sites (tertiary alicyclic amines) is 1. The van der Waals surface area contributed by atoms with Gasteiger partial charge in [0.25, 0.3) is 0 Å². The summed E-state index contributed by atoms with van der Waals surface area (Å²) in [4.78, 5) is 27.6. The number of fused-ring (bicyclic) bond motifs is 2. The van der Waals surface area contributed by atoms with Crippen molar-refractivity contribution in [2.24, 2.45) is 5.92 Å². The van der Waals surface area contributed by atoms with Crippen LogP contribution >= 0.6 is 0 Å². The van der Waals surface area contributed by atoms with Crippen molar-refractivity contribution in [2.45, 2.75) is 51.1 Å². The summed E-state index contributed by atoms with van der Waals surface area (Å²) in [6.45, 7) is 3.79. The van der Waals surface area contributed by atoms with Crippen molar-refractivity contribution in [3.63, 3.8) is 0 Å². The van der Waals surface area contributed by atoms with Gasteiger partial charge in [-0.1, -0.05) is 6.07 Å². The minimum Gasteiger partial charge on any atom is -0.454 e. The Kier molecular flexibility index (Phi) is 4.04. The van der Waals surface area contributed by atoms with Gasteiger partial charge in [0.1, 0.15) is 12.2 Å². The van der Waals surface area contributed by atoms with Crippen molar-refractivity contribution in [1.82, 2.24) is 19.2 Å². The maximum atomic E-state index is 12.8. The summed E-state index contributed by atoms with van der Waals surface area (Å²) in [5.41, 5.74) is -0.297. The molecule has 9 nitrogen and oxygen atoms in total. The molecular weight excluding hydrogens is 388 g/mol. The number of hydrogen-bond donors (Lipinski definition) is 0. The molecule has 0 bridgehead atoms. The van der Waals surface area contributed by atoms with Gasteiger partial charge in [-0.25, -0.2) is 4.68 Å². The second kappa shape index (κ2) is 6.68. The van der Waals surface area contributed by atoms with E-state index in [1.807, 2.05) is 18.2 Å². The molecule has 1 aromatic carbocycles. The van der Waals surface area contributed by atoms with Gasteiger partial charge in [-0.3, -0.25) is 19.1 Å². The molecule has 0 unspecified atom stereocenters. The predicted molar refractivity (Wildman–Crippen MR) is 105 cm³/mol. The lowest BCUT2D eigenvalue weighted by Crippen LogP contribution is -2.53. The second-order valence-corrected chi connectivity index (χ2v) is 8.86. The van der Waals surface area contributed by atoms with Gasteiger partial charge in [0, 0.05) is 26.2 Å². The van der Waals surface area contributed by atoms with E-state index in [2.05, 4.69) is 10.00 Å². The Hall–Kier alpha value is -2.65. The first-order valence-corrected chi connectivity index (χ1v) is 10.5. The number of benzene rings is 1. The molecule has 6 rings (SSSR count). The maximum Gasteiger partial charge on any atom is 0.332 e. The third kappa shape index (κ3) is 3.13. The van der Waals surface area contributed by atoms with E-state index in [0.717, 1.165) is 49.4 Å². The quantitative estimate of drug-likeness (QED) is 0.684. The highest BCUT2D eigenvalue weighted by Crippen LogP contribution is 2.35. The summed E-state index contributed by atoms with van der Waals surface area (Å²) >= 11 is 0. The lowest BCUT2D eigenvalue weighted by Gasteiger charge is -2.35. The molecule has 4 heterocycles. The third-order valence-electron chi connectivity index (χ3n) is 6.53. The van der Waals surface area contributed by atoms with Gasteiger partial charge >= 0.3 is 11.1 Å². The number of ether oxygens (including phenoxy) is 3. The van der Waals surface area contributed by atoms with E-state index in [-0.39, 0.29) is 13.4 Å². The topological polar surface area (TPSA) is 87.8 Å². The molecule has 1 spiro atoms. The van der Waals surface area contributed by atoms with Crippen LogP contribution in [0.3, 0.4) is 0 Å². The van der Waals surface area contributed by atoms with E-state index in [1.165, 1.54) is 4.68 Å². The number of hydrogen-bond acceptors (Lipinski definition) is 7. The standard InChI is InChI=1S/C21H24N4O5/c26-19-20(27)25(9-14-1-2-14)22-18-10-30-21(12-24(18)19)5-6-23(11-21)8-15-3-4-16-17(7-15)29-13-28-16/h3-4,7,14H,1-2,5-6,8-13H2/t21-/m0/s1. The van der Waals surface area contributed by atoms with Crippen LogP contribution in [-0.4, -0.2) is 44.7 Å². The fourth-order valence-corrected chi connectivity index (χ4v) is 4.68. The van der Waals surface area contributed by atoms with Crippen LogP contribution in [0.4, 0.5) is 0 Å². The van der Waals surface area contributed by atoms with Crippen LogP contribution in [0, 0.1) is 5.92 Å². The highest BCUT2D eigenvalue weighted by Gasteiger charge is 2.43. The summed E-state index contributed by atoms with van der Waals surface area (Å²) in [6.07, 6.45) is 3.02. The SMILES string of the molecule is O=c1c(=O)n2c(nn1CC1CC1)CO[C@]1(CCN(Cc3ccc4c(c3)OCO4)C1)C2. The first-order chi connectivity index (χ1) is 14.6. The molecule has 2 fully saturated rings. The third-order valence-corrected chi connectivity index (χ3v) is 6.53. The van der Waals surface area contributed by atoms with Crippen molar-refractivity contribution in [3.8, 4) is 11.5 Å². The molecule has 0 amide bonds. The van der Waals surface area contributed by atoms with Crippen LogP contribution in [-0.2, 0) is 31.0 Å². The molecular formula is C21H24N4O5. The lowest BCUT2D eigenvalue weighted by atomic mass is 10.0. The Bertz CT molecular complexity index is 1120. The van der Waals surface area contributed by atoms with Gasteiger partial charge in [0.15, 0.2) is 17.3 Å². The number of aromatic nitrogens is 3. The van der Waals surface area contributed by atoms with Gasteiger partial charge in [0.2, 0.25) is 6.79 Å². The Balaban J connectivity index is 1.19. The lowest BCUT2D eigenvalue weighted by molar-refractivity contribution is -0.0859. The van der Waals surface area contributed by atoms with Crippen LogP contribution in [0.2, 0.25) is 0 Å². The van der Waals surface area contributed by atoms with E-state index < -0.39 is 16.7 Å². The first kappa shape index (κ1) is 18.1. The zero-order valence-corrected chi connectivity index (χ0v) is 16.7. The Morgan fingerprint density at radius 3 is 2.83 bits per heavy atom. The number of rotatable bonds is 4. The van der Waals surface area contributed by atoms with Crippen LogP contribution in [0.1, 0.15) is 30.7 Å². The Morgan fingerprint density at radius 2 is 1.97 bits per heavy atom. The second-order valence-electron chi connectivity index (χ2n) is 8.86. The minimum absolute atomic E-state index is 0.262. The van der Waals surface area contributed by atoms with Crippen LogP contribution in [0.15, 0.2) is 27.8 Å². The molecule has 0 N–H and O–H groups in total. The van der Waals surface area contributed by atoms with E-state index in [0.29, 0.717) is 31.4 Å². The van der Waals surface area contributed by atoms with E-state index in [1.54, 1.807) is 4.57 Å². The molecule has 2 aromatic rings. The van der Waals surface area contributed by atoms with Crippen LogP contribution in [0.5, 0.6) is 11.5 Å². The summed E-state index contributed by atoms with van der Waals surface area (Å²) in [6, 6.07) is 6.00. The largest absolute Gasteiger partial charge is 0.454 e. The first-order valence-electron chi connectivity index (χ1n) is 10.5. The highest BCUT2D eigenvalue weighted by molar-refractivity contribution is 5.44. The van der Waals surface area contributed by atoms with Gasteiger partial charge < -0.3 is 14.2 Å². The average molecular weight is 412 g/mol. The van der Waals surface area contributed by atoms with Crippen LogP contribution < -0.4 is 20.6 Å². The zero-order valence-electron chi connectivity index (χ0n) is 16.7. The fourth-order valence-electron chi connectivity index (χ4n) is 4.68. The minimum atomic E-state index is -0.516. The zero-order chi connectivity index (χ0) is 20.3. The molecule has 1 atom stereocenters. The molecule has 4 aliphatic rings. The van der Waals surface area contributed by atoms with E-state index >= 15 is 0 Å². The Morgan fingerprint density at radius 1 is 1.10 bits per heavy atom. The maximum absolute atomic E-state index is 12.8. The van der Waals surface area contributed by atoms with Gasteiger partial charge in [-0.15, -0.1) is 0 Å². The van der Waals surface area contributed by atoms with Crippen molar-refractivity contribution in [1.29, 1.82) is 0 Å². The van der Waals surface area contributed by atoms with Crippen molar-refractivity contribution >= 4 is 0 Å². The summed E-state index contributed by atoms with van der Waals surface area (Å²) in [7, 11) is 0. The highest BCUT2D eigenvalue weighted by atomic mass is 16.7. The summed E-state index contributed by atoms with van der Waals surface area (Å²) in [5, 5.41) is 4.43. The van der Waals surface area contributed by atoms with Crippen LogP contribution in [0.25, 0.3) is 0 Å². The number of nitrogens with zero attached hydrogens (tertiary/aromatic N) is 4. The van der Waals surface area contributed by atoms with Gasteiger partial charge in [-0.05, 0) is 42.9 Å². The molecule has 0 radical (unpaired) electrons. The van der Waals surface area contributed by atoms with Crippen molar-refractivity contribution < 1.29 is 14.2 Å². The molecule has 1 saturated carbocycles. The molecule has 1 aromatic heterocycles. The molecule has 9 heteroatoms. The molecule has 1 saturated heterocycles. The Labute approximate surface area is 172 Å². The molecule has 3 aliphatic heterocycles. The van der Waals surface area contributed by atoms with Gasteiger partial charge in [-0.2, -0.15) is 5.10 Å². The molecule has 1 aliphatic carbocycles. The molecule has 30 heavy (non-hydrogen) atoms. The molecule has 158 valence electrons. The van der Waals surface area contributed by atoms with Crippen molar-refractivity contribution in [3.05, 3.63) is 50.3 Å². The van der Waals surface area contributed by atoms with E-state index in [9.17, 15) is 9.59 Å². The smallest absolute Gasteiger partial charge is 0.332 e. The fraction of sp³-hybridized carbons (Fsp3) is 0.571. The van der Waals surface area contributed by atoms with Gasteiger partial charge in [0.05, 0.1) is 6.54 Å². The summed E-state index contributed by atoms with van der Waals surface area (Å²) in [5.74, 6) is 2.60.